The van der Waals surface area contributed by atoms with Crippen molar-refractivity contribution in [1.29, 1.82) is 0 Å². The van der Waals surface area contributed by atoms with Crippen molar-refractivity contribution in [2.45, 2.75) is 51.4 Å². The van der Waals surface area contributed by atoms with Crippen molar-refractivity contribution in [3.8, 4) is 0 Å². The summed E-state index contributed by atoms with van der Waals surface area (Å²) in [5.74, 6) is -0.679. The van der Waals surface area contributed by atoms with Crippen molar-refractivity contribution in [3.05, 3.63) is 12.2 Å². The Hall–Kier alpha value is -1.11. The Labute approximate surface area is 110 Å². The van der Waals surface area contributed by atoms with E-state index in [4.69, 9.17) is 0 Å². The number of nitrogens with zero attached hydrogens (tertiary/aromatic N) is 3. The van der Waals surface area contributed by atoms with E-state index in [1.54, 1.807) is 4.68 Å². The molecule has 2 unspecified atom stereocenters. The number of alkyl halides is 3. The summed E-state index contributed by atoms with van der Waals surface area (Å²) in [4.78, 5) is 4.09. The number of rotatable bonds is 3. The number of nitrogens with one attached hydrogen (secondary N) is 1. The van der Waals surface area contributed by atoms with E-state index in [1.807, 2.05) is 13.8 Å². The molecule has 7 heteroatoms. The minimum Gasteiger partial charge on any atom is -0.313 e. The summed E-state index contributed by atoms with van der Waals surface area (Å²) in [5.41, 5.74) is 0. The average molecular weight is 276 g/mol. The fourth-order valence-corrected chi connectivity index (χ4v) is 2.61. The Morgan fingerprint density at radius 2 is 2.21 bits per heavy atom. The van der Waals surface area contributed by atoms with Gasteiger partial charge in [0.05, 0.1) is 5.92 Å². The van der Waals surface area contributed by atoms with Gasteiger partial charge in [-0.2, -0.15) is 18.3 Å². The lowest BCUT2D eigenvalue weighted by Gasteiger charge is -2.33. The maximum Gasteiger partial charge on any atom is 0.393 e. The zero-order valence-electron chi connectivity index (χ0n) is 11.1. The minimum atomic E-state index is -4.15. The van der Waals surface area contributed by atoms with Crippen LogP contribution in [-0.2, 0) is 6.42 Å². The van der Waals surface area contributed by atoms with Gasteiger partial charge >= 0.3 is 6.18 Å². The predicted octanol–water partition coefficient (Wildman–Crippen LogP) is 2.33. The van der Waals surface area contributed by atoms with Crippen LogP contribution in [0.1, 0.15) is 38.6 Å². The van der Waals surface area contributed by atoms with E-state index in [0.29, 0.717) is 18.8 Å². The molecule has 1 fully saturated rings. The van der Waals surface area contributed by atoms with Crippen molar-refractivity contribution in [1.82, 2.24) is 20.1 Å². The fourth-order valence-electron chi connectivity index (χ4n) is 2.61. The lowest BCUT2D eigenvalue weighted by molar-refractivity contribution is -0.188. The van der Waals surface area contributed by atoms with Gasteiger partial charge in [-0.1, -0.05) is 0 Å². The molecule has 19 heavy (non-hydrogen) atoms. The molecule has 1 aliphatic rings. The van der Waals surface area contributed by atoms with Crippen molar-refractivity contribution in [2.75, 3.05) is 6.54 Å². The standard InChI is InChI=1S/C12H19F3N4/c1-8(2)19-11(17-7-18-19)6-10-9(12(13,14)15)4-3-5-16-10/h7-10,16H,3-6H2,1-2H3. The maximum absolute atomic E-state index is 13.0. The number of piperidine rings is 1. The SMILES string of the molecule is CC(C)n1ncnc1CC1NCCCC1C(F)(F)F. The molecular formula is C12H19F3N4. The Balaban J connectivity index is 2.13. The lowest BCUT2D eigenvalue weighted by atomic mass is 9.88. The Kier molecular flexibility index (Phi) is 4.13. The number of hydrogen-bond acceptors (Lipinski definition) is 3. The molecule has 0 spiro atoms. The maximum atomic E-state index is 13.0. The van der Waals surface area contributed by atoms with Crippen LogP contribution in [0.25, 0.3) is 0 Å². The minimum absolute atomic E-state index is 0.102. The third-order valence-corrected chi connectivity index (χ3v) is 3.54. The fraction of sp³-hybridized carbons (Fsp3) is 0.833. The molecule has 1 aromatic rings. The molecule has 0 radical (unpaired) electrons. The highest BCUT2D eigenvalue weighted by Gasteiger charge is 2.45. The first-order valence-electron chi connectivity index (χ1n) is 6.58. The van der Waals surface area contributed by atoms with Crippen LogP contribution in [0.4, 0.5) is 13.2 Å². The monoisotopic (exact) mass is 276 g/mol. The van der Waals surface area contributed by atoms with E-state index < -0.39 is 18.1 Å². The van der Waals surface area contributed by atoms with Crippen LogP contribution in [0, 0.1) is 5.92 Å². The summed E-state index contributed by atoms with van der Waals surface area (Å²) in [7, 11) is 0. The largest absolute Gasteiger partial charge is 0.393 e. The van der Waals surface area contributed by atoms with Crippen LogP contribution in [-0.4, -0.2) is 33.5 Å². The Morgan fingerprint density at radius 1 is 1.47 bits per heavy atom. The molecule has 1 aromatic heterocycles. The Morgan fingerprint density at radius 3 is 2.84 bits per heavy atom. The molecule has 1 aliphatic heterocycles. The summed E-state index contributed by atoms with van der Waals surface area (Å²) in [5, 5.41) is 7.04. The smallest absolute Gasteiger partial charge is 0.313 e. The zero-order valence-corrected chi connectivity index (χ0v) is 11.1. The molecule has 0 aliphatic carbocycles. The van der Waals surface area contributed by atoms with Crippen molar-refractivity contribution < 1.29 is 13.2 Å². The lowest BCUT2D eigenvalue weighted by Crippen LogP contribution is -2.49. The van der Waals surface area contributed by atoms with Gasteiger partial charge in [0, 0.05) is 18.5 Å². The molecule has 4 nitrogen and oxygen atoms in total. The number of hydrogen-bond donors (Lipinski definition) is 1. The second-order valence-corrected chi connectivity index (χ2v) is 5.27. The van der Waals surface area contributed by atoms with Crippen LogP contribution >= 0.6 is 0 Å². The van der Waals surface area contributed by atoms with E-state index in [1.165, 1.54) is 6.33 Å². The molecule has 0 saturated carbocycles. The van der Waals surface area contributed by atoms with E-state index >= 15 is 0 Å². The van der Waals surface area contributed by atoms with Crippen LogP contribution in [0.2, 0.25) is 0 Å². The molecule has 2 atom stereocenters. The van der Waals surface area contributed by atoms with E-state index in [9.17, 15) is 13.2 Å². The molecule has 0 bridgehead atoms. The van der Waals surface area contributed by atoms with Gasteiger partial charge in [-0.05, 0) is 33.2 Å². The summed E-state index contributed by atoms with van der Waals surface area (Å²) in [6.45, 7) is 4.51. The predicted molar refractivity (Wildman–Crippen MR) is 64.7 cm³/mol. The third kappa shape index (κ3) is 3.26. The van der Waals surface area contributed by atoms with Crippen molar-refractivity contribution in [3.63, 3.8) is 0 Å². The van der Waals surface area contributed by atoms with Crippen LogP contribution in [0.15, 0.2) is 6.33 Å². The second-order valence-electron chi connectivity index (χ2n) is 5.27. The van der Waals surface area contributed by atoms with Gasteiger partial charge in [0.15, 0.2) is 0 Å². The zero-order chi connectivity index (χ0) is 14.0. The Bertz CT molecular complexity index is 413. The summed E-state index contributed by atoms with van der Waals surface area (Å²) < 4.78 is 40.7. The summed E-state index contributed by atoms with van der Waals surface area (Å²) in [6.07, 6.45) is -1.72. The first kappa shape index (κ1) is 14.3. The highest BCUT2D eigenvalue weighted by atomic mass is 19.4. The van der Waals surface area contributed by atoms with Gasteiger partial charge < -0.3 is 5.32 Å². The second kappa shape index (κ2) is 5.48. The molecule has 1 saturated heterocycles. The third-order valence-electron chi connectivity index (χ3n) is 3.54. The highest BCUT2D eigenvalue weighted by Crippen LogP contribution is 2.35. The number of aromatic nitrogens is 3. The quantitative estimate of drug-likeness (QED) is 0.921. The molecule has 1 N–H and O–H groups in total. The average Bonchev–Trinajstić information content (AvgIpc) is 2.76. The van der Waals surface area contributed by atoms with Gasteiger partial charge in [-0.15, -0.1) is 0 Å². The first-order chi connectivity index (χ1) is 8.89. The summed E-state index contributed by atoms with van der Waals surface area (Å²) >= 11 is 0. The van der Waals surface area contributed by atoms with Crippen LogP contribution < -0.4 is 5.32 Å². The van der Waals surface area contributed by atoms with E-state index in [2.05, 4.69) is 15.4 Å². The molecule has 2 heterocycles. The van der Waals surface area contributed by atoms with Crippen LogP contribution in [0.3, 0.4) is 0 Å². The highest BCUT2D eigenvalue weighted by molar-refractivity contribution is 4.96. The normalized spacial score (nSPS) is 24.9. The van der Waals surface area contributed by atoms with Crippen molar-refractivity contribution in [2.24, 2.45) is 5.92 Å². The van der Waals surface area contributed by atoms with E-state index in [0.717, 1.165) is 0 Å². The van der Waals surface area contributed by atoms with Gasteiger partial charge in [0.1, 0.15) is 12.2 Å². The molecule has 0 amide bonds. The molecule has 2 rings (SSSR count). The first-order valence-corrected chi connectivity index (χ1v) is 6.58. The van der Waals surface area contributed by atoms with E-state index in [-0.39, 0.29) is 18.9 Å². The van der Waals surface area contributed by atoms with Crippen LogP contribution in [0.5, 0.6) is 0 Å². The van der Waals surface area contributed by atoms with Gasteiger partial charge in [0.25, 0.3) is 0 Å². The van der Waals surface area contributed by atoms with Gasteiger partial charge in [-0.25, -0.2) is 9.67 Å². The molecule has 0 aromatic carbocycles. The molecule has 108 valence electrons. The topological polar surface area (TPSA) is 42.7 Å². The van der Waals surface area contributed by atoms with Gasteiger partial charge in [-0.3, -0.25) is 0 Å². The van der Waals surface area contributed by atoms with Crippen molar-refractivity contribution >= 4 is 0 Å². The molecular weight excluding hydrogens is 257 g/mol. The van der Waals surface area contributed by atoms with Gasteiger partial charge in [0.2, 0.25) is 0 Å². The number of halogens is 3. The summed E-state index contributed by atoms with van der Waals surface area (Å²) in [6, 6.07) is -0.499.